The monoisotopic (exact) mass is 392 g/mol. The van der Waals surface area contributed by atoms with E-state index in [1.165, 1.54) is 12.1 Å². The minimum Gasteiger partial charge on any atom is -0.492 e. The van der Waals surface area contributed by atoms with Gasteiger partial charge in [0.2, 0.25) is 5.91 Å². The molecule has 2 rings (SSSR count). The Morgan fingerprint density at radius 3 is 2.56 bits per heavy atom. The van der Waals surface area contributed by atoms with Crippen LogP contribution in [0, 0.1) is 11.7 Å². The average Bonchev–Trinajstić information content (AvgIpc) is 2.63. The minimum absolute atomic E-state index is 0.124. The van der Waals surface area contributed by atoms with Crippen molar-refractivity contribution in [2.75, 3.05) is 13.2 Å². The van der Waals surface area contributed by atoms with E-state index in [1.54, 1.807) is 36.4 Å². The number of benzene rings is 2. The van der Waals surface area contributed by atoms with E-state index in [-0.39, 0.29) is 25.0 Å². The molecular formula is C20H22ClFN2O3. The summed E-state index contributed by atoms with van der Waals surface area (Å²) in [4.78, 5) is 24.8. The molecule has 0 fully saturated rings. The molecule has 2 aromatic rings. The molecule has 0 aliphatic rings. The number of ether oxygens (including phenoxy) is 1. The second kappa shape index (κ2) is 9.92. The lowest BCUT2D eigenvalue weighted by Crippen LogP contribution is -2.50. The fourth-order valence-electron chi connectivity index (χ4n) is 2.41. The second-order valence-corrected chi connectivity index (χ2v) is 6.68. The van der Waals surface area contributed by atoms with Crippen LogP contribution in [0.15, 0.2) is 48.5 Å². The van der Waals surface area contributed by atoms with Crippen LogP contribution in [0.4, 0.5) is 4.39 Å². The highest BCUT2D eigenvalue weighted by Crippen LogP contribution is 2.15. The van der Waals surface area contributed by atoms with Gasteiger partial charge in [0.15, 0.2) is 0 Å². The number of carbonyl (C=O) groups is 2. The van der Waals surface area contributed by atoms with Gasteiger partial charge in [-0.3, -0.25) is 9.59 Å². The maximum atomic E-state index is 13.1. The lowest BCUT2D eigenvalue weighted by molar-refractivity contribution is -0.124. The molecule has 2 aromatic carbocycles. The Bertz CT molecular complexity index is 798. The Morgan fingerprint density at radius 2 is 1.89 bits per heavy atom. The summed E-state index contributed by atoms with van der Waals surface area (Å²) < 4.78 is 18.5. The van der Waals surface area contributed by atoms with E-state index < -0.39 is 17.8 Å². The van der Waals surface area contributed by atoms with Crippen molar-refractivity contribution in [3.05, 3.63) is 64.9 Å². The van der Waals surface area contributed by atoms with Gasteiger partial charge in [-0.05, 0) is 30.2 Å². The molecule has 27 heavy (non-hydrogen) atoms. The number of amides is 2. The zero-order valence-electron chi connectivity index (χ0n) is 15.2. The summed E-state index contributed by atoms with van der Waals surface area (Å²) in [6, 6.07) is 11.7. The summed E-state index contributed by atoms with van der Waals surface area (Å²) in [5.74, 6) is -0.866. The highest BCUT2D eigenvalue weighted by atomic mass is 35.5. The van der Waals surface area contributed by atoms with Gasteiger partial charge in [-0.15, -0.1) is 0 Å². The van der Waals surface area contributed by atoms with Crippen LogP contribution in [-0.4, -0.2) is 31.0 Å². The fourth-order valence-corrected chi connectivity index (χ4v) is 2.63. The standard InChI is InChI=1S/C20H22ClFN2O3/c1-13(2)18(24-19(25)16-8-3-4-9-17(16)21)20(26)23-10-11-27-15-7-5-6-14(22)12-15/h3-9,12-13,18H,10-11H2,1-2H3,(H,23,26)(H,24,25). The largest absolute Gasteiger partial charge is 0.492 e. The van der Waals surface area contributed by atoms with Crippen molar-refractivity contribution in [2.45, 2.75) is 19.9 Å². The Labute approximate surface area is 162 Å². The molecule has 0 heterocycles. The molecule has 0 aromatic heterocycles. The first-order chi connectivity index (χ1) is 12.9. The van der Waals surface area contributed by atoms with Gasteiger partial charge in [-0.25, -0.2) is 4.39 Å². The highest BCUT2D eigenvalue weighted by molar-refractivity contribution is 6.33. The Kier molecular flexibility index (Phi) is 7.61. The van der Waals surface area contributed by atoms with Gasteiger partial charge in [0.05, 0.1) is 17.1 Å². The van der Waals surface area contributed by atoms with Crippen LogP contribution in [0.2, 0.25) is 5.02 Å². The molecule has 2 amide bonds. The molecule has 0 radical (unpaired) electrons. The topological polar surface area (TPSA) is 67.4 Å². The molecular weight excluding hydrogens is 371 g/mol. The lowest BCUT2D eigenvalue weighted by Gasteiger charge is -2.22. The molecule has 1 unspecified atom stereocenters. The van der Waals surface area contributed by atoms with Gasteiger partial charge < -0.3 is 15.4 Å². The van der Waals surface area contributed by atoms with E-state index >= 15 is 0 Å². The first-order valence-electron chi connectivity index (χ1n) is 8.60. The van der Waals surface area contributed by atoms with Crippen LogP contribution >= 0.6 is 11.6 Å². The van der Waals surface area contributed by atoms with E-state index in [9.17, 15) is 14.0 Å². The first-order valence-corrected chi connectivity index (χ1v) is 8.97. The number of hydrogen-bond acceptors (Lipinski definition) is 3. The summed E-state index contributed by atoms with van der Waals surface area (Å²) in [5.41, 5.74) is 0.312. The van der Waals surface area contributed by atoms with Gasteiger partial charge in [-0.2, -0.15) is 0 Å². The molecule has 0 aliphatic carbocycles. The van der Waals surface area contributed by atoms with Gasteiger partial charge in [0.1, 0.15) is 24.2 Å². The zero-order valence-corrected chi connectivity index (χ0v) is 15.9. The van der Waals surface area contributed by atoms with Crippen molar-refractivity contribution in [1.82, 2.24) is 10.6 Å². The molecule has 0 aliphatic heterocycles. The molecule has 0 bridgehead atoms. The van der Waals surface area contributed by atoms with Gasteiger partial charge >= 0.3 is 0 Å². The minimum atomic E-state index is -0.719. The van der Waals surface area contributed by atoms with Gasteiger partial charge in [0, 0.05) is 6.07 Å². The summed E-state index contributed by atoms with van der Waals surface area (Å²) in [6.07, 6.45) is 0. The maximum absolute atomic E-state index is 13.1. The van der Waals surface area contributed by atoms with Crippen LogP contribution in [0.5, 0.6) is 5.75 Å². The number of rotatable bonds is 8. The summed E-state index contributed by atoms with van der Waals surface area (Å²) in [6.45, 7) is 4.07. The van der Waals surface area contributed by atoms with Gasteiger partial charge in [0.25, 0.3) is 5.91 Å². The maximum Gasteiger partial charge on any atom is 0.253 e. The van der Waals surface area contributed by atoms with Crippen molar-refractivity contribution in [2.24, 2.45) is 5.92 Å². The molecule has 0 saturated carbocycles. The Balaban J connectivity index is 1.87. The van der Waals surface area contributed by atoms with Crippen LogP contribution in [0.25, 0.3) is 0 Å². The van der Waals surface area contributed by atoms with Crippen molar-refractivity contribution in [3.8, 4) is 5.75 Å². The SMILES string of the molecule is CC(C)C(NC(=O)c1ccccc1Cl)C(=O)NCCOc1cccc(F)c1. The average molecular weight is 393 g/mol. The predicted octanol–water partition coefficient (Wildman–Crippen LogP) is 3.43. The van der Waals surface area contributed by atoms with Crippen LogP contribution in [0.1, 0.15) is 24.2 Å². The first kappa shape index (κ1) is 20.7. The summed E-state index contributed by atoms with van der Waals surface area (Å²) >= 11 is 6.03. The Hall–Kier alpha value is -2.60. The highest BCUT2D eigenvalue weighted by Gasteiger charge is 2.25. The molecule has 0 spiro atoms. The second-order valence-electron chi connectivity index (χ2n) is 6.27. The van der Waals surface area contributed by atoms with Crippen molar-refractivity contribution >= 4 is 23.4 Å². The van der Waals surface area contributed by atoms with E-state index in [1.807, 2.05) is 13.8 Å². The molecule has 7 heteroatoms. The number of carbonyl (C=O) groups excluding carboxylic acids is 2. The molecule has 144 valence electrons. The smallest absolute Gasteiger partial charge is 0.253 e. The quantitative estimate of drug-likeness (QED) is 0.676. The Morgan fingerprint density at radius 1 is 1.15 bits per heavy atom. The normalized spacial score (nSPS) is 11.7. The molecule has 5 nitrogen and oxygen atoms in total. The molecule has 1 atom stereocenters. The third-order valence-electron chi connectivity index (χ3n) is 3.82. The van der Waals surface area contributed by atoms with E-state index in [0.29, 0.717) is 16.3 Å². The van der Waals surface area contributed by atoms with Crippen LogP contribution < -0.4 is 15.4 Å². The van der Waals surface area contributed by atoms with Crippen molar-refractivity contribution in [1.29, 1.82) is 0 Å². The number of halogens is 2. The third kappa shape index (κ3) is 6.25. The number of hydrogen-bond donors (Lipinski definition) is 2. The van der Waals surface area contributed by atoms with E-state index in [0.717, 1.165) is 0 Å². The zero-order chi connectivity index (χ0) is 19.8. The lowest BCUT2D eigenvalue weighted by atomic mass is 10.0. The molecule has 2 N–H and O–H groups in total. The fraction of sp³-hybridized carbons (Fsp3) is 0.300. The third-order valence-corrected chi connectivity index (χ3v) is 4.15. The summed E-state index contributed by atoms with van der Waals surface area (Å²) in [5, 5.41) is 5.75. The number of nitrogens with one attached hydrogen (secondary N) is 2. The predicted molar refractivity (Wildman–Crippen MR) is 102 cm³/mol. The van der Waals surface area contributed by atoms with E-state index in [2.05, 4.69) is 10.6 Å². The van der Waals surface area contributed by atoms with Crippen LogP contribution in [-0.2, 0) is 4.79 Å². The van der Waals surface area contributed by atoms with Gasteiger partial charge in [-0.1, -0.05) is 43.6 Å². The van der Waals surface area contributed by atoms with Crippen LogP contribution in [0.3, 0.4) is 0 Å². The van der Waals surface area contributed by atoms with E-state index in [4.69, 9.17) is 16.3 Å². The van der Waals surface area contributed by atoms with Crippen molar-refractivity contribution < 1.29 is 18.7 Å². The summed E-state index contributed by atoms with van der Waals surface area (Å²) in [7, 11) is 0. The van der Waals surface area contributed by atoms with Crippen molar-refractivity contribution in [3.63, 3.8) is 0 Å². The molecule has 0 saturated heterocycles.